The number of ether oxygens (including phenoxy) is 1. The highest BCUT2D eigenvalue weighted by atomic mass is 32.2. The number of hydrogen-bond donors (Lipinski definition) is 3. The lowest BCUT2D eigenvalue weighted by Crippen LogP contribution is -2.20. The summed E-state index contributed by atoms with van der Waals surface area (Å²) >= 11 is 2.85. The summed E-state index contributed by atoms with van der Waals surface area (Å²) in [5, 5.41) is 20.2. The van der Waals surface area contributed by atoms with E-state index < -0.39 is 30.4 Å². The Morgan fingerprint density at radius 1 is 1.17 bits per heavy atom. The molecule has 0 bridgehead atoms. The summed E-state index contributed by atoms with van der Waals surface area (Å²) in [6.45, 7) is 3.21. The van der Waals surface area contributed by atoms with Crippen molar-refractivity contribution in [2.24, 2.45) is 5.73 Å². The summed E-state index contributed by atoms with van der Waals surface area (Å²) in [6.07, 6.45) is 5.36. The largest absolute Gasteiger partial charge is 0.513 e. The number of halogens is 3. The van der Waals surface area contributed by atoms with Crippen LogP contribution in [0.5, 0.6) is 5.75 Å². The number of rotatable bonds is 11. The summed E-state index contributed by atoms with van der Waals surface area (Å²) in [4.78, 5) is 17.3. The van der Waals surface area contributed by atoms with Gasteiger partial charge in [0.25, 0.3) is 0 Å². The van der Waals surface area contributed by atoms with Gasteiger partial charge in [0.1, 0.15) is 10.8 Å². The number of carboxylic acids is 1. The number of carboxylic acid groups (broad SMARTS) is 1. The van der Waals surface area contributed by atoms with Gasteiger partial charge in [-0.15, -0.1) is 23.1 Å². The standard InChI is InChI=1S/C31H31F3N2O4S2/c1-18-14-24(12-13-26(18)40-17-28(38)39)41-27(16-23(37)15-25(35)20-6-4-3-5-7-20)29-19(2)36-30(42-29)21-8-10-22(11-9-21)31(32,33)34/h4,6-15,25,27,37H,3,5,16-17,35H2,1-2H3,(H,38,39)/b23-15-. The number of thiazole rings is 1. The van der Waals surface area contributed by atoms with Gasteiger partial charge >= 0.3 is 12.1 Å². The van der Waals surface area contributed by atoms with Crippen molar-refractivity contribution in [2.45, 2.75) is 55.5 Å². The summed E-state index contributed by atoms with van der Waals surface area (Å²) in [5.41, 5.74) is 8.58. The van der Waals surface area contributed by atoms with E-state index in [-0.39, 0.29) is 17.4 Å². The van der Waals surface area contributed by atoms with Gasteiger partial charge < -0.3 is 20.7 Å². The Kier molecular flexibility index (Phi) is 10.2. The van der Waals surface area contributed by atoms with Crippen molar-refractivity contribution in [3.63, 3.8) is 0 Å². The first-order valence-electron chi connectivity index (χ1n) is 13.2. The molecule has 222 valence electrons. The molecule has 0 spiro atoms. The second kappa shape index (κ2) is 13.6. The van der Waals surface area contributed by atoms with E-state index in [1.165, 1.54) is 35.2 Å². The predicted molar refractivity (Wildman–Crippen MR) is 160 cm³/mol. The van der Waals surface area contributed by atoms with E-state index in [9.17, 15) is 23.1 Å². The third-order valence-corrected chi connectivity index (χ3v) is 9.22. The molecule has 2 aromatic carbocycles. The topological polar surface area (TPSA) is 106 Å². The van der Waals surface area contributed by atoms with E-state index >= 15 is 0 Å². The molecule has 1 aliphatic carbocycles. The van der Waals surface area contributed by atoms with Crippen LogP contribution >= 0.6 is 23.1 Å². The van der Waals surface area contributed by atoms with Gasteiger partial charge in [-0.1, -0.05) is 30.4 Å². The summed E-state index contributed by atoms with van der Waals surface area (Å²) in [6, 6.07) is 9.84. The van der Waals surface area contributed by atoms with Crippen LogP contribution in [0.1, 0.15) is 46.2 Å². The molecule has 0 saturated carbocycles. The van der Waals surface area contributed by atoms with Crippen molar-refractivity contribution < 1.29 is 32.9 Å². The van der Waals surface area contributed by atoms with Crippen LogP contribution in [0.25, 0.3) is 10.6 Å². The van der Waals surface area contributed by atoms with Gasteiger partial charge in [-0.05, 0) is 74.2 Å². The van der Waals surface area contributed by atoms with Crippen LogP contribution in [-0.2, 0) is 11.0 Å². The van der Waals surface area contributed by atoms with Crippen LogP contribution in [-0.4, -0.2) is 33.8 Å². The third-order valence-electron chi connectivity index (χ3n) is 6.54. The van der Waals surface area contributed by atoms with Crippen LogP contribution in [0.4, 0.5) is 13.2 Å². The molecule has 3 aromatic rings. The van der Waals surface area contributed by atoms with Gasteiger partial charge in [0.15, 0.2) is 6.61 Å². The lowest BCUT2D eigenvalue weighted by atomic mass is 9.99. The fourth-order valence-corrected chi connectivity index (χ4v) is 7.02. The quantitative estimate of drug-likeness (QED) is 0.147. The molecule has 1 heterocycles. The first-order valence-corrected chi connectivity index (χ1v) is 14.9. The lowest BCUT2D eigenvalue weighted by Gasteiger charge is -2.18. The number of aromatic nitrogens is 1. The molecule has 6 nitrogen and oxygen atoms in total. The molecule has 2 atom stereocenters. The van der Waals surface area contributed by atoms with Gasteiger partial charge in [-0.25, -0.2) is 9.78 Å². The Labute approximate surface area is 250 Å². The maximum absolute atomic E-state index is 13.1. The van der Waals surface area contributed by atoms with Crippen molar-refractivity contribution >= 4 is 29.1 Å². The van der Waals surface area contributed by atoms with Gasteiger partial charge in [-0.2, -0.15) is 13.2 Å². The minimum Gasteiger partial charge on any atom is -0.513 e. The smallest absolute Gasteiger partial charge is 0.416 e. The molecule has 4 N–H and O–H groups in total. The molecular formula is C31H31F3N2O4S2. The van der Waals surface area contributed by atoms with E-state index in [1.807, 2.05) is 38.1 Å². The molecule has 0 aliphatic heterocycles. The number of thioether (sulfide) groups is 1. The number of aliphatic hydroxyl groups excluding tert-OH is 1. The van der Waals surface area contributed by atoms with Crippen molar-refractivity contribution in [1.82, 2.24) is 4.98 Å². The van der Waals surface area contributed by atoms with Crippen LogP contribution in [0.2, 0.25) is 0 Å². The van der Waals surface area contributed by atoms with Crippen LogP contribution < -0.4 is 10.5 Å². The molecule has 0 saturated heterocycles. The average Bonchev–Trinajstić information content (AvgIpc) is 3.33. The van der Waals surface area contributed by atoms with Crippen LogP contribution in [0.15, 0.2) is 83.0 Å². The van der Waals surface area contributed by atoms with Gasteiger partial charge in [0.05, 0.1) is 28.3 Å². The maximum atomic E-state index is 13.1. The number of aryl methyl sites for hydroxylation is 2. The Morgan fingerprint density at radius 3 is 2.52 bits per heavy atom. The highest BCUT2D eigenvalue weighted by molar-refractivity contribution is 7.99. The first kappa shape index (κ1) is 31.4. The molecule has 42 heavy (non-hydrogen) atoms. The summed E-state index contributed by atoms with van der Waals surface area (Å²) < 4.78 is 44.6. The van der Waals surface area contributed by atoms with Crippen LogP contribution in [0, 0.1) is 13.8 Å². The fraction of sp³-hybridized carbons (Fsp3) is 0.290. The number of carbonyl (C=O) groups is 1. The average molecular weight is 617 g/mol. The SMILES string of the molecule is Cc1cc(SC(C/C(O)=C/C(N)C2=CCCC=C2)c2sc(-c3ccc(C(F)(F)F)cc3)nc2C)ccc1OCC(=O)O. The number of nitrogens with two attached hydrogens (primary N) is 1. The van der Waals surface area contributed by atoms with E-state index in [2.05, 4.69) is 11.1 Å². The number of allylic oxidation sites excluding steroid dienone is 3. The molecular weight excluding hydrogens is 585 g/mol. The van der Waals surface area contributed by atoms with E-state index in [0.717, 1.165) is 45.9 Å². The van der Waals surface area contributed by atoms with E-state index in [0.29, 0.717) is 22.0 Å². The number of hydrogen-bond acceptors (Lipinski definition) is 7. The van der Waals surface area contributed by atoms with Crippen molar-refractivity contribution in [2.75, 3.05) is 6.61 Å². The third kappa shape index (κ3) is 8.27. The molecule has 0 fully saturated rings. The number of benzene rings is 2. The zero-order valence-electron chi connectivity index (χ0n) is 23.0. The maximum Gasteiger partial charge on any atom is 0.416 e. The van der Waals surface area contributed by atoms with E-state index in [4.69, 9.17) is 15.6 Å². The van der Waals surface area contributed by atoms with Crippen molar-refractivity contribution in [1.29, 1.82) is 0 Å². The summed E-state index contributed by atoms with van der Waals surface area (Å²) in [7, 11) is 0. The molecule has 0 radical (unpaired) electrons. The zero-order chi connectivity index (χ0) is 30.4. The highest BCUT2D eigenvalue weighted by Crippen LogP contribution is 2.45. The van der Waals surface area contributed by atoms with E-state index in [1.54, 1.807) is 12.1 Å². The number of nitrogens with zero attached hydrogens (tertiary/aromatic N) is 1. The number of alkyl halides is 3. The molecule has 4 rings (SSSR count). The Balaban J connectivity index is 1.63. The Bertz CT molecular complexity index is 1510. The zero-order valence-corrected chi connectivity index (χ0v) is 24.7. The normalized spacial score (nSPS) is 15.3. The second-order valence-electron chi connectivity index (χ2n) is 9.83. The molecule has 1 aliphatic rings. The highest BCUT2D eigenvalue weighted by Gasteiger charge is 2.30. The van der Waals surface area contributed by atoms with Gasteiger partial charge in [0, 0.05) is 21.8 Å². The van der Waals surface area contributed by atoms with Crippen molar-refractivity contribution in [3.05, 3.63) is 99.8 Å². The molecule has 0 amide bonds. The fourth-order valence-electron chi connectivity index (χ4n) is 4.42. The second-order valence-corrected chi connectivity index (χ2v) is 12.1. The molecule has 11 heteroatoms. The monoisotopic (exact) mass is 616 g/mol. The number of aliphatic carboxylic acids is 1. The van der Waals surface area contributed by atoms with Gasteiger partial charge in [0.2, 0.25) is 0 Å². The molecule has 1 aromatic heterocycles. The Morgan fingerprint density at radius 2 is 1.90 bits per heavy atom. The predicted octanol–water partition coefficient (Wildman–Crippen LogP) is 8.18. The number of aliphatic hydroxyl groups is 1. The van der Waals surface area contributed by atoms with Gasteiger partial charge in [-0.3, -0.25) is 0 Å². The Hall–Kier alpha value is -3.54. The first-order chi connectivity index (χ1) is 19.9. The lowest BCUT2D eigenvalue weighted by molar-refractivity contribution is -0.139. The molecule has 2 unspecified atom stereocenters. The summed E-state index contributed by atoms with van der Waals surface area (Å²) in [5.74, 6) is -0.501. The van der Waals surface area contributed by atoms with Crippen LogP contribution in [0.3, 0.4) is 0 Å². The minimum absolute atomic E-state index is 0.113. The van der Waals surface area contributed by atoms with Crippen molar-refractivity contribution in [3.8, 4) is 16.3 Å². The minimum atomic E-state index is -4.43.